The van der Waals surface area contributed by atoms with Crippen LogP contribution < -0.4 is 10.6 Å². The summed E-state index contributed by atoms with van der Waals surface area (Å²) in [5, 5.41) is 5.94. The molecule has 0 saturated heterocycles. The number of rotatable bonds is 6. The van der Waals surface area contributed by atoms with Crippen LogP contribution in [-0.2, 0) is 6.54 Å². The molecule has 3 rings (SSSR count). The summed E-state index contributed by atoms with van der Waals surface area (Å²) >= 11 is 0. The fourth-order valence-corrected chi connectivity index (χ4v) is 2.49. The van der Waals surface area contributed by atoms with Crippen LogP contribution in [0.2, 0.25) is 0 Å². The molecule has 3 aromatic rings. The number of amides is 1. The number of nitrogens with one attached hydrogen (secondary N) is 2. The zero-order valence-corrected chi connectivity index (χ0v) is 15.1. The van der Waals surface area contributed by atoms with E-state index in [1.54, 1.807) is 24.5 Å². The summed E-state index contributed by atoms with van der Waals surface area (Å²) in [4.78, 5) is 21.0. The van der Waals surface area contributed by atoms with Crippen molar-refractivity contribution in [2.75, 3.05) is 5.32 Å². The summed E-state index contributed by atoms with van der Waals surface area (Å²) in [6.45, 7) is 6.45. The zero-order valence-electron chi connectivity index (χ0n) is 15.1. The molecule has 6 heteroatoms. The van der Waals surface area contributed by atoms with Crippen LogP contribution in [0, 0.1) is 6.92 Å². The third-order valence-corrected chi connectivity index (χ3v) is 3.92. The van der Waals surface area contributed by atoms with Gasteiger partial charge in [0.1, 0.15) is 11.5 Å². The number of nitrogens with zero attached hydrogens (tertiary/aromatic N) is 2. The largest absolute Gasteiger partial charge is 0.467 e. The molecule has 26 heavy (non-hydrogen) atoms. The van der Waals surface area contributed by atoms with E-state index in [-0.39, 0.29) is 5.91 Å². The van der Waals surface area contributed by atoms with E-state index in [0.717, 1.165) is 5.69 Å². The van der Waals surface area contributed by atoms with Crippen molar-refractivity contribution in [2.24, 2.45) is 0 Å². The highest BCUT2D eigenvalue weighted by Gasteiger charge is 2.11. The lowest BCUT2D eigenvalue weighted by molar-refractivity contribution is 0.0943. The van der Waals surface area contributed by atoms with Gasteiger partial charge in [0.2, 0.25) is 5.95 Å². The van der Waals surface area contributed by atoms with Crippen molar-refractivity contribution in [3.05, 3.63) is 71.4 Å². The molecule has 0 unspecified atom stereocenters. The molecule has 0 atom stereocenters. The van der Waals surface area contributed by atoms with E-state index in [2.05, 4.69) is 46.6 Å². The quantitative estimate of drug-likeness (QED) is 0.697. The average molecular weight is 350 g/mol. The van der Waals surface area contributed by atoms with Crippen molar-refractivity contribution >= 4 is 17.5 Å². The molecule has 0 saturated carbocycles. The Kier molecular flexibility index (Phi) is 5.31. The Morgan fingerprint density at radius 3 is 2.58 bits per heavy atom. The Balaban J connectivity index is 1.71. The molecule has 1 aromatic carbocycles. The van der Waals surface area contributed by atoms with Crippen LogP contribution in [0.25, 0.3) is 0 Å². The summed E-state index contributed by atoms with van der Waals surface area (Å²) < 4.78 is 5.21. The first-order chi connectivity index (χ1) is 12.5. The predicted octanol–water partition coefficient (Wildman–Crippen LogP) is 4.18. The highest BCUT2D eigenvalue weighted by molar-refractivity contribution is 5.92. The van der Waals surface area contributed by atoms with E-state index in [1.165, 1.54) is 5.56 Å². The fourth-order valence-electron chi connectivity index (χ4n) is 2.49. The molecule has 0 bridgehead atoms. The molecule has 0 radical (unpaired) electrons. The monoisotopic (exact) mass is 350 g/mol. The summed E-state index contributed by atoms with van der Waals surface area (Å²) in [5.74, 6) is 1.28. The minimum absolute atomic E-state index is 0.273. The molecule has 0 spiro atoms. The Labute approximate surface area is 152 Å². The molecular weight excluding hydrogens is 328 g/mol. The van der Waals surface area contributed by atoms with Crippen molar-refractivity contribution < 1.29 is 9.21 Å². The van der Waals surface area contributed by atoms with Crippen LogP contribution in [0.3, 0.4) is 0 Å². The third kappa shape index (κ3) is 4.47. The van der Waals surface area contributed by atoms with Crippen LogP contribution in [0.1, 0.15) is 47.3 Å². The van der Waals surface area contributed by atoms with Crippen LogP contribution >= 0.6 is 0 Å². The molecule has 134 valence electrons. The number of aryl methyl sites for hydroxylation is 1. The second-order valence-electron chi connectivity index (χ2n) is 6.38. The number of anilines is 2. The number of carbonyl (C=O) groups excluding carboxylic acids is 1. The maximum atomic E-state index is 12.3. The van der Waals surface area contributed by atoms with Crippen LogP contribution in [0.4, 0.5) is 11.6 Å². The minimum atomic E-state index is -0.273. The van der Waals surface area contributed by atoms with Gasteiger partial charge >= 0.3 is 0 Å². The van der Waals surface area contributed by atoms with Crippen molar-refractivity contribution in [3.8, 4) is 0 Å². The molecule has 0 aliphatic rings. The molecule has 2 heterocycles. The average Bonchev–Trinajstić information content (AvgIpc) is 3.13. The summed E-state index contributed by atoms with van der Waals surface area (Å²) in [7, 11) is 0. The smallest absolute Gasteiger partial charge is 0.270 e. The Morgan fingerprint density at radius 1 is 1.15 bits per heavy atom. The molecule has 0 aliphatic heterocycles. The van der Waals surface area contributed by atoms with E-state index in [9.17, 15) is 4.79 Å². The number of hydrogen-bond donors (Lipinski definition) is 2. The normalized spacial score (nSPS) is 10.8. The van der Waals surface area contributed by atoms with Crippen molar-refractivity contribution in [1.82, 2.24) is 15.3 Å². The molecule has 0 aliphatic carbocycles. The van der Waals surface area contributed by atoms with Crippen molar-refractivity contribution in [1.29, 1.82) is 0 Å². The molecule has 2 aromatic heterocycles. The standard InChI is InChI=1S/C20H22N4O2/c1-13(2)15-6-8-16(9-7-15)23-20-22-14(3)11-18(24-20)19(25)21-12-17-5-4-10-26-17/h4-11,13H,12H2,1-3H3,(H,21,25)(H,22,23,24). The van der Waals surface area contributed by atoms with E-state index >= 15 is 0 Å². The van der Waals surface area contributed by atoms with Gasteiger partial charge in [-0.05, 0) is 48.7 Å². The van der Waals surface area contributed by atoms with Crippen molar-refractivity contribution in [2.45, 2.75) is 33.2 Å². The van der Waals surface area contributed by atoms with Gasteiger partial charge in [-0.15, -0.1) is 0 Å². The SMILES string of the molecule is Cc1cc(C(=O)NCc2ccco2)nc(Nc2ccc(C(C)C)cc2)n1. The van der Waals surface area contributed by atoms with Crippen LogP contribution in [-0.4, -0.2) is 15.9 Å². The maximum absolute atomic E-state index is 12.3. The Bertz CT molecular complexity index is 871. The summed E-state index contributed by atoms with van der Waals surface area (Å²) in [5.41, 5.74) is 3.16. The molecule has 2 N–H and O–H groups in total. The number of furan rings is 1. The highest BCUT2D eigenvalue weighted by atomic mass is 16.3. The van der Waals surface area contributed by atoms with Gasteiger partial charge in [-0.1, -0.05) is 26.0 Å². The van der Waals surface area contributed by atoms with Gasteiger partial charge in [0, 0.05) is 11.4 Å². The first kappa shape index (κ1) is 17.7. The second-order valence-corrected chi connectivity index (χ2v) is 6.38. The lowest BCUT2D eigenvalue weighted by atomic mass is 10.0. The molecule has 6 nitrogen and oxygen atoms in total. The van der Waals surface area contributed by atoms with Gasteiger partial charge in [-0.2, -0.15) is 0 Å². The second kappa shape index (κ2) is 7.82. The lowest BCUT2D eigenvalue weighted by Gasteiger charge is -2.10. The number of hydrogen-bond acceptors (Lipinski definition) is 5. The summed E-state index contributed by atoms with van der Waals surface area (Å²) in [6, 6.07) is 13.3. The topological polar surface area (TPSA) is 80.0 Å². The van der Waals surface area contributed by atoms with Gasteiger partial charge in [0.05, 0.1) is 12.8 Å². The zero-order chi connectivity index (χ0) is 18.5. The van der Waals surface area contributed by atoms with Crippen LogP contribution in [0.5, 0.6) is 0 Å². The number of aromatic nitrogens is 2. The van der Waals surface area contributed by atoms with Crippen LogP contribution in [0.15, 0.2) is 53.1 Å². The van der Waals surface area contributed by atoms with E-state index in [0.29, 0.717) is 35.6 Å². The van der Waals surface area contributed by atoms with E-state index in [1.807, 2.05) is 19.1 Å². The van der Waals surface area contributed by atoms with Crippen molar-refractivity contribution in [3.63, 3.8) is 0 Å². The Morgan fingerprint density at radius 2 is 1.92 bits per heavy atom. The van der Waals surface area contributed by atoms with Gasteiger partial charge in [-0.25, -0.2) is 9.97 Å². The highest BCUT2D eigenvalue weighted by Crippen LogP contribution is 2.19. The number of benzene rings is 1. The first-order valence-electron chi connectivity index (χ1n) is 8.54. The predicted molar refractivity (Wildman–Crippen MR) is 100 cm³/mol. The van der Waals surface area contributed by atoms with Gasteiger partial charge in [-0.3, -0.25) is 4.79 Å². The van der Waals surface area contributed by atoms with E-state index < -0.39 is 0 Å². The first-order valence-corrected chi connectivity index (χ1v) is 8.54. The van der Waals surface area contributed by atoms with Gasteiger partial charge in [0.15, 0.2) is 0 Å². The third-order valence-electron chi connectivity index (χ3n) is 3.92. The minimum Gasteiger partial charge on any atom is -0.467 e. The fraction of sp³-hybridized carbons (Fsp3) is 0.250. The lowest BCUT2D eigenvalue weighted by Crippen LogP contribution is -2.24. The maximum Gasteiger partial charge on any atom is 0.270 e. The Hall–Kier alpha value is -3.15. The molecular formula is C20H22N4O2. The van der Waals surface area contributed by atoms with E-state index in [4.69, 9.17) is 4.42 Å². The van der Waals surface area contributed by atoms with Gasteiger partial charge < -0.3 is 15.1 Å². The number of carbonyl (C=O) groups is 1. The molecule has 0 fully saturated rings. The summed E-state index contributed by atoms with van der Waals surface area (Å²) in [6.07, 6.45) is 1.57. The molecule has 1 amide bonds. The van der Waals surface area contributed by atoms with Gasteiger partial charge in [0.25, 0.3) is 5.91 Å².